The van der Waals surface area contributed by atoms with Crippen molar-refractivity contribution in [3.63, 3.8) is 0 Å². The third-order valence-electron chi connectivity index (χ3n) is 4.17. The highest BCUT2D eigenvalue weighted by atomic mass is 35.5. The van der Waals surface area contributed by atoms with E-state index in [4.69, 9.17) is 16.3 Å². The number of ether oxygens (including phenoxy) is 1. The predicted octanol–water partition coefficient (Wildman–Crippen LogP) is 2.98. The lowest BCUT2D eigenvalue weighted by Crippen LogP contribution is -2.42. The molecule has 2 aliphatic heterocycles. The van der Waals surface area contributed by atoms with E-state index in [0.29, 0.717) is 16.9 Å². The molecular formula is C16H20ClN3O3S2. The molecule has 6 nitrogen and oxygen atoms in total. The van der Waals surface area contributed by atoms with Crippen LogP contribution in [0.1, 0.15) is 38.7 Å². The van der Waals surface area contributed by atoms with Crippen molar-refractivity contribution in [2.24, 2.45) is 0 Å². The average molecular weight is 402 g/mol. The molecule has 0 bridgehead atoms. The van der Waals surface area contributed by atoms with E-state index in [1.807, 2.05) is 18.7 Å². The Hall–Kier alpha value is -0.990. The van der Waals surface area contributed by atoms with E-state index in [-0.39, 0.29) is 34.9 Å². The Balaban J connectivity index is 1.71. The summed E-state index contributed by atoms with van der Waals surface area (Å²) in [6.45, 7) is 6.68. The van der Waals surface area contributed by atoms with Gasteiger partial charge >= 0.3 is 5.97 Å². The molecule has 2 unspecified atom stereocenters. The first-order valence-electron chi connectivity index (χ1n) is 8.17. The first-order chi connectivity index (χ1) is 11.8. The molecule has 3 heterocycles. The number of piperidine rings is 1. The number of hydrogen-bond donors (Lipinski definition) is 0. The highest BCUT2D eigenvalue weighted by molar-refractivity contribution is 8.00. The molecule has 25 heavy (non-hydrogen) atoms. The highest BCUT2D eigenvalue weighted by Crippen LogP contribution is 2.50. The minimum atomic E-state index is -0.293. The molecule has 2 atom stereocenters. The van der Waals surface area contributed by atoms with Crippen LogP contribution in [-0.4, -0.2) is 56.9 Å². The summed E-state index contributed by atoms with van der Waals surface area (Å²) in [5.74, 6) is 0.252. The number of carbonyl (C=O) groups excluding carboxylic acids is 2. The highest BCUT2D eigenvalue weighted by Gasteiger charge is 2.41. The maximum Gasteiger partial charge on any atom is 0.316 e. The molecule has 0 aliphatic carbocycles. The monoisotopic (exact) mass is 401 g/mol. The smallest absolute Gasteiger partial charge is 0.316 e. The summed E-state index contributed by atoms with van der Waals surface area (Å²) < 4.78 is 5.12. The zero-order valence-electron chi connectivity index (χ0n) is 14.3. The minimum absolute atomic E-state index is 0.104. The van der Waals surface area contributed by atoms with E-state index >= 15 is 0 Å². The van der Waals surface area contributed by atoms with Gasteiger partial charge in [0.05, 0.1) is 11.9 Å². The van der Waals surface area contributed by atoms with Crippen LogP contribution in [0.4, 0.5) is 0 Å². The Morgan fingerprint density at radius 3 is 2.88 bits per heavy atom. The number of thioether (sulfide) groups is 2. The predicted molar refractivity (Wildman–Crippen MR) is 98.3 cm³/mol. The van der Waals surface area contributed by atoms with Gasteiger partial charge in [-0.15, -0.1) is 11.8 Å². The van der Waals surface area contributed by atoms with Crippen molar-refractivity contribution in [3.05, 3.63) is 10.7 Å². The summed E-state index contributed by atoms with van der Waals surface area (Å²) in [5, 5.41) is 2.09. The van der Waals surface area contributed by atoms with E-state index in [0.717, 1.165) is 23.6 Å². The zero-order valence-corrected chi connectivity index (χ0v) is 16.7. The summed E-state index contributed by atoms with van der Waals surface area (Å²) >= 11 is 9.30. The zero-order chi connectivity index (χ0) is 18.1. The molecule has 1 fully saturated rings. The van der Waals surface area contributed by atoms with E-state index in [1.54, 1.807) is 18.7 Å². The van der Waals surface area contributed by atoms with Gasteiger partial charge in [0.1, 0.15) is 10.2 Å². The molecule has 3 rings (SSSR count). The molecule has 136 valence electrons. The van der Waals surface area contributed by atoms with Crippen LogP contribution in [0.15, 0.2) is 10.2 Å². The fraction of sp³-hybridized carbons (Fsp3) is 0.625. The molecule has 0 saturated carbocycles. The van der Waals surface area contributed by atoms with Gasteiger partial charge in [0, 0.05) is 36.7 Å². The number of halogens is 1. The standard InChI is InChI=1S/C16H20ClN3O3S2/c1-8(2)23-12(22)7-24-16-18-14(17)13-10-4-5-20(9(3)21)6-11(10)25-15(13)19-16/h8,10-11H,4-7H2,1-3H3. The Labute approximate surface area is 160 Å². The third-order valence-corrected chi connectivity index (χ3v) is 6.59. The summed E-state index contributed by atoms with van der Waals surface area (Å²) in [6.07, 6.45) is 0.737. The van der Waals surface area contributed by atoms with Gasteiger partial charge in [0.25, 0.3) is 0 Å². The SMILES string of the molecule is CC(=O)N1CCC2c3c(Cl)nc(SCC(=O)OC(C)C)nc3SC2C1. The first-order valence-corrected chi connectivity index (χ1v) is 10.4. The number of likely N-dealkylation sites (tertiary alicyclic amines) is 1. The van der Waals surface area contributed by atoms with Crippen molar-refractivity contribution < 1.29 is 14.3 Å². The molecular weight excluding hydrogens is 382 g/mol. The number of hydrogen-bond acceptors (Lipinski definition) is 7. The Kier molecular flexibility index (Phi) is 5.80. The van der Waals surface area contributed by atoms with Crippen molar-refractivity contribution in [2.45, 2.75) is 54.6 Å². The molecule has 2 aliphatic rings. The van der Waals surface area contributed by atoms with Crippen molar-refractivity contribution in [1.82, 2.24) is 14.9 Å². The van der Waals surface area contributed by atoms with Crippen molar-refractivity contribution >= 4 is 47.0 Å². The number of amides is 1. The van der Waals surface area contributed by atoms with Gasteiger partial charge in [-0.05, 0) is 20.3 Å². The fourth-order valence-corrected chi connectivity index (χ4v) is 5.68. The van der Waals surface area contributed by atoms with Gasteiger partial charge in [0.15, 0.2) is 5.16 Å². The third kappa shape index (κ3) is 4.23. The average Bonchev–Trinajstić information content (AvgIpc) is 2.89. The number of aromatic nitrogens is 2. The van der Waals surface area contributed by atoms with Crippen molar-refractivity contribution in [3.8, 4) is 0 Å². The lowest BCUT2D eigenvalue weighted by molar-refractivity contribution is -0.144. The summed E-state index contributed by atoms with van der Waals surface area (Å²) in [7, 11) is 0. The van der Waals surface area contributed by atoms with Gasteiger partial charge in [0.2, 0.25) is 5.91 Å². The first kappa shape index (κ1) is 18.8. The largest absolute Gasteiger partial charge is 0.462 e. The van der Waals surface area contributed by atoms with E-state index in [1.165, 1.54) is 11.8 Å². The van der Waals surface area contributed by atoms with Gasteiger partial charge in [-0.25, -0.2) is 9.97 Å². The van der Waals surface area contributed by atoms with E-state index in [2.05, 4.69) is 9.97 Å². The quantitative estimate of drug-likeness (QED) is 0.332. The van der Waals surface area contributed by atoms with E-state index < -0.39 is 0 Å². The molecule has 1 aromatic rings. The number of carbonyl (C=O) groups is 2. The maximum absolute atomic E-state index is 11.7. The van der Waals surface area contributed by atoms with Gasteiger partial charge in [-0.3, -0.25) is 9.59 Å². The lowest BCUT2D eigenvalue weighted by Gasteiger charge is -2.33. The Morgan fingerprint density at radius 1 is 1.44 bits per heavy atom. The number of rotatable bonds is 4. The normalized spacial score (nSPS) is 21.9. The molecule has 1 aromatic heterocycles. The van der Waals surface area contributed by atoms with Crippen LogP contribution in [0, 0.1) is 0 Å². The number of esters is 1. The Morgan fingerprint density at radius 2 is 2.20 bits per heavy atom. The van der Waals surface area contributed by atoms with Crippen LogP contribution in [-0.2, 0) is 14.3 Å². The van der Waals surface area contributed by atoms with Crippen molar-refractivity contribution in [2.75, 3.05) is 18.8 Å². The van der Waals surface area contributed by atoms with Crippen LogP contribution < -0.4 is 0 Å². The second kappa shape index (κ2) is 7.72. The van der Waals surface area contributed by atoms with Crippen LogP contribution in [0.3, 0.4) is 0 Å². The van der Waals surface area contributed by atoms with Crippen LogP contribution in [0.25, 0.3) is 0 Å². The molecule has 0 aromatic carbocycles. The summed E-state index contributed by atoms with van der Waals surface area (Å²) in [4.78, 5) is 34.1. The van der Waals surface area contributed by atoms with E-state index in [9.17, 15) is 9.59 Å². The lowest BCUT2D eigenvalue weighted by atomic mass is 9.91. The molecule has 1 amide bonds. The molecule has 0 radical (unpaired) electrons. The van der Waals surface area contributed by atoms with Gasteiger partial charge in [-0.1, -0.05) is 23.4 Å². The Bertz CT molecular complexity index is 701. The molecule has 1 saturated heterocycles. The topological polar surface area (TPSA) is 72.4 Å². The maximum atomic E-state index is 11.7. The summed E-state index contributed by atoms with van der Waals surface area (Å²) in [6, 6.07) is 0. The van der Waals surface area contributed by atoms with Crippen LogP contribution in [0.2, 0.25) is 5.15 Å². The molecule has 0 spiro atoms. The van der Waals surface area contributed by atoms with Crippen molar-refractivity contribution in [1.29, 1.82) is 0 Å². The van der Waals surface area contributed by atoms with Crippen LogP contribution >= 0.6 is 35.1 Å². The van der Waals surface area contributed by atoms with Crippen LogP contribution in [0.5, 0.6) is 0 Å². The summed E-state index contributed by atoms with van der Waals surface area (Å²) in [5.41, 5.74) is 0.994. The van der Waals surface area contributed by atoms with Gasteiger partial charge < -0.3 is 9.64 Å². The molecule has 0 N–H and O–H groups in total. The second-order valence-electron chi connectivity index (χ2n) is 6.36. The van der Waals surface area contributed by atoms with Gasteiger partial charge in [-0.2, -0.15) is 0 Å². The molecule has 9 heteroatoms. The fourth-order valence-electron chi connectivity index (χ4n) is 3.09. The number of nitrogens with zero attached hydrogens (tertiary/aromatic N) is 3. The number of fused-ring (bicyclic) bond motifs is 3. The minimum Gasteiger partial charge on any atom is -0.462 e. The second-order valence-corrected chi connectivity index (χ2v) is 8.89.